The molecule has 0 fully saturated rings. The van der Waals surface area contributed by atoms with Crippen LogP contribution in [0.25, 0.3) is 10.8 Å². The van der Waals surface area contributed by atoms with Crippen LogP contribution in [0.3, 0.4) is 0 Å². The number of rotatable bonds is 4. The highest BCUT2D eigenvalue weighted by atomic mass is 16.4. The summed E-state index contributed by atoms with van der Waals surface area (Å²) in [4.78, 5) is 13.2. The minimum atomic E-state index is -0.894. The van der Waals surface area contributed by atoms with Crippen molar-refractivity contribution in [1.82, 2.24) is 0 Å². The Kier molecular flexibility index (Phi) is 4.02. The van der Waals surface area contributed by atoms with Crippen molar-refractivity contribution in [2.24, 2.45) is 0 Å². The molecule has 0 aliphatic carbocycles. The lowest BCUT2D eigenvalue weighted by Crippen LogP contribution is -2.18. The van der Waals surface area contributed by atoms with Gasteiger partial charge < -0.3 is 10.0 Å². The van der Waals surface area contributed by atoms with Crippen LogP contribution < -0.4 is 4.90 Å². The van der Waals surface area contributed by atoms with E-state index in [1.807, 2.05) is 18.2 Å². The zero-order valence-electron chi connectivity index (χ0n) is 13.3. The largest absolute Gasteiger partial charge is 0.478 e. The van der Waals surface area contributed by atoms with E-state index in [9.17, 15) is 4.79 Å². The minimum Gasteiger partial charge on any atom is -0.478 e. The van der Waals surface area contributed by atoms with E-state index in [1.165, 1.54) is 22.0 Å². The van der Waals surface area contributed by atoms with Crippen LogP contribution >= 0.6 is 0 Å². The van der Waals surface area contributed by atoms with E-state index in [-0.39, 0.29) is 0 Å². The van der Waals surface area contributed by atoms with Crippen molar-refractivity contribution in [1.29, 1.82) is 0 Å². The lowest BCUT2D eigenvalue weighted by Gasteiger charge is -2.23. The van der Waals surface area contributed by atoms with Crippen LogP contribution in [0.5, 0.6) is 0 Å². The zero-order valence-corrected chi connectivity index (χ0v) is 13.3. The van der Waals surface area contributed by atoms with E-state index < -0.39 is 5.97 Å². The lowest BCUT2D eigenvalue weighted by molar-refractivity contribution is 0.0697. The summed E-state index contributed by atoms with van der Waals surface area (Å²) in [7, 11) is 2.07. The minimum absolute atomic E-state index is 0.317. The van der Waals surface area contributed by atoms with Gasteiger partial charge in [-0.05, 0) is 35.6 Å². The molecule has 0 unspecified atom stereocenters. The third-order valence-corrected chi connectivity index (χ3v) is 4.10. The standard InChI is InChI=1S/C20H19NO2/c1-14-7-10-16-5-3-4-6-18(16)19(14)21(2)13-15-8-11-17(12-9-15)20(22)23/h3-12H,13H2,1-2H3,(H,22,23). The van der Waals surface area contributed by atoms with E-state index in [4.69, 9.17) is 5.11 Å². The fraction of sp³-hybridized carbons (Fsp3) is 0.150. The van der Waals surface area contributed by atoms with Crippen molar-refractivity contribution in [2.45, 2.75) is 13.5 Å². The highest BCUT2D eigenvalue weighted by Crippen LogP contribution is 2.30. The lowest BCUT2D eigenvalue weighted by atomic mass is 10.0. The molecule has 0 aliphatic heterocycles. The van der Waals surface area contributed by atoms with Gasteiger partial charge in [-0.3, -0.25) is 0 Å². The maximum absolute atomic E-state index is 10.9. The molecule has 3 heteroatoms. The van der Waals surface area contributed by atoms with Gasteiger partial charge in [0.1, 0.15) is 0 Å². The van der Waals surface area contributed by atoms with Gasteiger partial charge >= 0.3 is 5.97 Å². The number of aryl methyl sites for hydroxylation is 1. The number of hydrogen-bond acceptors (Lipinski definition) is 2. The Hall–Kier alpha value is -2.81. The SMILES string of the molecule is Cc1ccc2ccccc2c1N(C)Cc1ccc(C(=O)O)cc1. The quantitative estimate of drug-likeness (QED) is 0.772. The Morgan fingerprint density at radius 2 is 1.70 bits per heavy atom. The third kappa shape index (κ3) is 3.04. The predicted molar refractivity (Wildman–Crippen MR) is 94.2 cm³/mol. The average Bonchev–Trinajstić information content (AvgIpc) is 2.55. The van der Waals surface area contributed by atoms with Crippen LogP contribution in [-0.4, -0.2) is 18.1 Å². The number of carbonyl (C=O) groups is 1. The van der Waals surface area contributed by atoms with Crippen molar-refractivity contribution < 1.29 is 9.90 Å². The normalized spacial score (nSPS) is 10.7. The predicted octanol–water partition coefficient (Wildman–Crippen LogP) is 4.48. The smallest absolute Gasteiger partial charge is 0.335 e. The second-order valence-corrected chi connectivity index (χ2v) is 5.81. The summed E-state index contributed by atoms with van der Waals surface area (Å²) in [5, 5.41) is 11.4. The van der Waals surface area contributed by atoms with Crippen molar-refractivity contribution in [3.8, 4) is 0 Å². The van der Waals surface area contributed by atoms with Gasteiger partial charge in [-0.15, -0.1) is 0 Å². The van der Waals surface area contributed by atoms with Gasteiger partial charge in [0, 0.05) is 24.7 Å². The second-order valence-electron chi connectivity index (χ2n) is 5.81. The molecule has 0 saturated carbocycles. The number of hydrogen-bond donors (Lipinski definition) is 1. The van der Waals surface area contributed by atoms with Gasteiger partial charge in [0.15, 0.2) is 0 Å². The summed E-state index contributed by atoms with van der Waals surface area (Å²) in [6, 6.07) is 19.7. The fourth-order valence-corrected chi connectivity index (χ4v) is 2.98. The molecule has 0 spiro atoms. The molecule has 0 radical (unpaired) electrons. The van der Waals surface area contributed by atoms with Gasteiger partial charge in [0.25, 0.3) is 0 Å². The number of benzene rings is 3. The van der Waals surface area contributed by atoms with Crippen LogP contribution in [0.1, 0.15) is 21.5 Å². The summed E-state index contributed by atoms with van der Waals surface area (Å²) in [5.74, 6) is -0.894. The summed E-state index contributed by atoms with van der Waals surface area (Å²) in [6.45, 7) is 2.85. The van der Waals surface area contributed by atoms with Gasteiger partial charge in [0.2, 0.25) is 0 Å². The number of anilines is 1. The van der Waals surface area contributed by atoms with Gasteiger partial charge in [0.05, 0.1) is 5.56 Å². The highest BCUT2D eigenvalue weighted by molar-refractivity contribution is 5.95. The molecule has 23 heavy (non-hydrogen) atoms. The number of fused-ring (bicyclic) bond motifs is 1. The molecular weight excluding hydrogens is 286 g/mol. The number of carboxylic acids is 1. The Bertz CT molecular complexity index is 853. The molecule has 1 N–H and O–H groups in total. The third-order valence-electron chi connectivity index (χ3n) is 4.10. The fourth-order valence-electron chi connectivity index (χ4n) is 2.98. The Morgan fingerprint density at radius 3 is 2.39 bits per heavy atom. The van der Waals surface area contributed by atoms with E-state index in [1.54, 1.807) is 12.1 Å². The molecule has 3 aromatic rings. The average molecular weight is 305 g/mol. The number of aromatic carboxylic acids is 1. The Morgan fingerprint density at radius 1 is 1.00 bits per heavy atom. The number of nitrogens with zero attached hydrogens (tertiary/aromatic N) is 1. The van der Waals surface area contributed by atoms with Crippen molar-refractivity contribution in [3.05, 3.63) is 77.4 Å². The van der Waals surface area contributed by atoms with E-state index in [0.29, 0.717) is 5.56 Å². The molecule has 0 aliphatic rings. The van der Waals surface area contributed by atoms with Gasteiger partial charge in [-0.1, -0.05) is 48.5 Å². The van der Waals surface area contributed by atoms with Crippen molar-refractivity contribution in [2.75, 3.05) is 11.9 Å². The van der Waals surface area contributed by atoms with Crippen LogP contribution in [0.15, 0.2) is 60.7 Å². The maximum Gasteiger partial charge on any atom is 0.335 e. The monoisotopic (exact) mass is 305 g/mol. The molecule has 0 saturated heterocycles. The Labute approximate surface area is 135 Å². The van der Waals surface area contributed by atoms with Crippen LogP contribution in [-0.2, 0) is 6.54 Å². The van der Waals surface area contributed by atoms with E-state index in [0.717, 1.165) is 12.1 Å². The van der Waals surface area contributed by atoms with Crippen LogP contribution in [0.4, 0.5) is 5.69 Å². The molecule has 116 valence electrons. The molecule has 3 rings (SSSR count). The van der Waals surface area contributed by atoms with E-state index in [2.05, 4.69) is 49.2 Å². The molecular formula is C20H19NO2. The summed E-state index contributed by atoms with van der Waals surface area (Å²) < 4.78 is 0. The van der Waals surface area contributed by atoms with E-state index >= 15 is 0 Å². The van der Waals surface area contributed by atoms with Gasteiger partial charge in [-0.25, -0.2) is 4.79 Å². The molecule has 3 nitrogen and oxygen atoms in total. The molecule has 0 heterocycles. The first-order valence-corrected chi connectivity index (χ1v) is 7.58. The molecule has 3 aromatic carbocycles. The summed E-state index contributed by atoms with van der Waals surface area (Å²) >= 11 is 0. The summed E-state index contributed by atoms with van der Waals surface area (Å²) in [6.07, 6.45) is 0. The topological polar surface area (TPSA) is 40.5 Å². The van der Waals surface area contributed by atoms with Crippen molar-refractivity contribution >= 4 is 22.4 Å². The Balaban J connectivity index is 1.93. The zero-order chi connectivity index (χ0) is 16.4. The maximum atomic E-state index is 10.9. The van der Waals surface area contributed by atoms with Gasteiger partial charge in [-0.2, -0.15) is 0 Å². The van der Waals surface area contributed by atoms with Crippen LogP contribution in [0, 0.1) is 6.92 Å². The summed E-state index contributed by atoms with van der Waals surface area (Å²) in [5.41, 5.74) is 3.85. The first-order valence-electron chi connectivity index (χ1n) is 7.58. The van der Waals surface area contributed by atoms with Crippen LogP contribution in [0.2, 0.25) is 0 Å². The number of carboxylic acid groups (broad SMARTS) is 1. The molecule has 0 amide bonds. The van der Waals surface area contributed by atoms with Crippen molar-refractivity contribution in [3.63, 3.8) is 0 Å². The first kappa shape index (κ1) is 15.1. The first-order chi connectivity index (χ1) is 11.1. The highest BCUT2D eigenvalue weighted by Gasteiger charge is 2.10. The molecule has 0 bridgehead atoms. The molecule has 0 aromatic heterocycles. The second kappa shape index (κ2) is 6.13. The molecule has 0 atom stereocenters.